The number of allylic oxidation sites excluding steroid dienone is 1. The average Bonchev–Trinajstić information content (AvgIpc) is 2.74. The molecule has 1 spiro atoms. The van der Waals surface area contributed by atoms with Gasteiger partial charge in [-0.15, -0.1) is 0 Å². The third-order valence-electron chi connectivity index (χ3n) is 6.08. The Labute approximate surface area is 144 Å². The first kappa shape index (κ1) is 17.0. The lowest BCUT2D eigenvalue weighted by atomic mass is 9.59. The second-order valence-corrected chi connectivity index (χ2v) is 7.80. The highest BCUT2D eigenvalue weighted by Crippen LogP contribution is 2.61. The van der Waals surface area contributed by atoms with Gasteiger partial charge in [-0.2, -0.15) is 25.8 Å². The van der Waals surface area contributed by atoms with Gasteiger partial charge in [-0.25, -0.2) is 9.78 Å². The zero-order chi connectivity index (χ0) is 17.3. The number of hydrogen-bond acceptors (Lipinski definition) is 5. The van der Waals surface area contributed by atoms with Crippen molar-refractivity contribution >= 4 is 12.6 Å². The Morgan fingerprint density at radius 2 is 1.96 bits per heavy atom. The number of thiol groups is 1. The Balaban J connectivity index is 1.88. The van der Waals surface area contributed by atoms with Crippen LogP contribution < -0.4 is 0 Å². The Bertz CT molecular complexity index is 580. The van der Waals surface area contributed by atoms with E-state index in [1.807, 2.05) is 0 Å². The SMILES string of the molecule is C[C@@H]1CC[C@H]2C(CS)=C(C(F)(F)F)O[C@@H]3O[C@]4(C)CCC1[C@]32OO4. The molecule has 4 fully saturated rings. The molecule has 0 amide bonds. The zero-order valence-corrected chi connectivity index (χ0v) is 14.5. The summed E-state index contributed by atoms with van der Waals surface area (Å²) in [4.78, 5) is 11.4. The van der Waals surface area contributed by atoms with Crippen LogP contribution in [-0.2, 0) is 19.2 Å². The first-order chi connectivity index (χ1) is 11.2. The van der Waals surface area contributed by atoms with Crippen molar-refractivity contribution in [2.75, 3.05) is 5.75 Å². The predicted molar refractivity (Wildman–Crippen MR) is 80.8 cm³/mol. The van der Waals surface area contributed by atoms with Crippen LogP contribution in [0.4, 0.5) is 13.2 Å². The van der Waals surface area contributed by atoms with Crippen molar-refractivity contribution in [3.8, 4) is 0 Å². The van der Waals surface area contributed by atoms with E-state index in [0.29, 0.717) is 18.8 Å². The van der Waals surface area contributed by atoms with Crippen LogP contribution in [0.25, 0.3) is 0 Å². The van der Waals surface area contributed by atoms with E-state index in [9.17, 15) is 13.2 Å². The predicted octanol–water partition coefficient (Wildman–Crippen LogP) is 3.98. The van der Waals surface area contributed by atoms with Crippen molar-refractivity contribution in [2.24, 2.45) is 17.8 Å². The van der Waals surface area contributed by atoms with E-state index in [-0.39, 0.29) is 17.2 Å². The van der Waals surface area contributed by atoms with Crippen LogP contribution >= 0.6 is 12.6 Å². The third kappa shape index (κ3) is 2.19. The standard InChI is InChI=1S/C16H21F3O4S/c1-8-3-4-11-9(7-24)12(16(17,18)19)20-13-15(11)10(8)5-6-14(2,21-13)22-23-15/h8,10-11,13,24H,3-7H2,1-2H3/t8-,10?,11+,13-,14+,15-/m1/s1. The molecule has 4 aliphatic heterocycles. The summed E-state index contributed by atoms with van der Waals surface area (Å²) in [6, 6.07) is 0. The van der Waals surface area contributed by atoms with Crippen LogP contribution in [0.1, 0.15) is 39.5 Å². The summed E-state index contributed by atoms with van der Waals surface area (Å²) in [6.07, 6.45) is -2.93. The average molecular weight is 366 g/mol. The number of fused-ring (bicyclic) bond motifs is 2. The highest BCUT2D eigenvalue weighted by atomic mass is 32.1. The fraction of sp³-hybridized carbons (Fsp3) is 0.875. The highest BCUT2D eigenvalue weighted by molar-refractivity contribution is 7.80. The van der Waals surface area contributed by atoms with Gasteiger partial charge in [0.05, 0.1) is 0 Å². The fourth-order valence-corrected chi connectivity index (χ4v) is 5.28. The maximum absolute atomic E-state index is 13.5. The van der Waals surface area contributed by atoms with Crippen molar-refractivity contribution in [3.05, 3.63) is 11.3 Å². The Hall–Kier alpha value is -0.440. The van der Waals surface area contributed by atoms with Gasteiger partial charge in [-0.3, -0.25) is 0 Å². The molecule has 3 saturated heterocycles. The van der Waals surface area contributed by atoms with Crippen molar-refractivity contribution in [3.63, 3.8) is 0 Å². The topological polar surface area (TPSA) is 36.9 Å². The zero-order valence-electron chi connectivity index (χ0n) is 13.6. The molecule has 136 valence electrons. The molecule has 0 aromatic heterocycles. The van der Waals surface area contributed by atoms with E-state index in [4.69, 9.17) is 19.2 Å². The van der Waals surface area contributed by atoms with Crippen molar-refractivity contribution in [2.45, 2.75) is 63.4 Å². The van der Waals surface area contributed by atoms with Crippen LogP contribution in [0.2, 0.25) is 0 Å². The molecule has 0 radical (unpaired) electrons. The van der Waals surface area contributed by atoms with Crippen LogP contribution in [0.3, 0.4) is 0 Å². The second kappa shape index (κ2) is 5.28. The van der Waals surface area contributed by atoms with E-state index >= 15 is 0 Å². The smallest absolute Gasteiger partial charge is 0.449 e. The Kier molecular flexibility index (Phi) is 3.74. The number of ether oxygens (including phenoxy) is 2. The second-order valence-electron chi connectivity index (χ2n) is 7.48. The lowest BCUT2D eigenvalue weighted by Crippen LogP contribution is -2.67. The normalized spacial score (nSPS) is 47.9. The summed E-state index contributed by atoms with van der Waals surface area (Å²) in [6.45, 7) is 3.80. The molecule has 8 heteroatoms. The van der Waals surface area contributed by atoms with Crippen LogP contribution in [0.5, 0.6) is 0 Å². The third-order valence-corrected chi connectivity index (χ3v) is 6.42. The fourth-order valence-electron chi connectivity index (χ4n) is 4.92. The van der Waals surface area contributed by atoms with Crippen molar-refractivity contribution in [1.82, 2.24) is 0 Å². The van der Waals surface area contributed by atoms with Gasteiger partial charge in [-0.1, -0.05) is 6.92 Å². The van der Waals surface area contributed by atoms with E-state index < -0.39 is 35.5 Å². The Morgan fingerprint density at radius 1 is 1.21 bits per heavy atom. The van der Waals surface area contributed by atoms with Crippen LogP contribution in [0.15, 0.2) is 11.3 Å². The van der Waals surface area contributed by atoms with E-state index in [2.05, 4.69) is 19.6 Å². The minimum atomic E-state index is -4.57. The van der Waals surface area contributed by atoms with Crippen molar-refractivity contribution < 1.29 is 32.4 Å². The molecular formula is C16H21F3O4S. The van der Waals surface area contributed by atoms with Gasteiger partial charge in [0.1, 0.15) is 0 Å². The summed E-state index contributed by atoms with van der Waals surface area (Å²) in [7, 11) is 0. The van der Waals surface area contributed by atoms with Gasteiger partial charge < -0.3 is 9.47 Å². The summed E-state index contributed by atoms with van der Waals surface area (Å²) in [5.41, 5.74) is -0.878. The molecule has 1 aliphatic carbocycles. The number of hydrogen-bond donors (Lipinski definition) is 1. The number of rotatable bonds is 1. The first-order valence-corrected chi connectivity index (χ1v) is 8.97. The van der Waals surface area contributed by atoms with Gasteiger partial charge in [0.15, 0.2) is 5.60 Å². The summed E-state index contributed by atoms with van der Waals surface area (Å²) in [5.74, 6) is -2.22. The Morgan fingerprint density at radius 3 is 2.62 bits per heavy atom. The lowest BCUT2D eigenvalue weighted by Gasteiger charge is -2.57. The molecule has 5 aliphatic rings. The molecular weight excluding hydrogens is 345 g/mol. The molecule has 4 heterocycles. The molecule has 4 nitrogen and oxygen atoms in total. The summed E-state index contributed by atoms with van der Waals surface area (Å²) in [5, 5.41) is 0. The van der Waals surface area contributed by atoms with Gasteiger partial charge >= 0.3 is 6.18 Å². The minimum absolute atomic E-state index is 0.0234. The van der Waals surface area contributed by atoms with Crippen LogP contribution in [-0.4, -0.2) is 29.6 Å². The maximum Gasteiger partial charge on any atom is 0.449 e. The van der Waals surface area contributed by atoms with E-state index in [0.717, 1.165) is 12.8 Å². The first-order valence-electron chi connectivity index (χ1n) is 8.33. The molecule has 0 aromatic rings. The molecule has 2 bridgehead atoms. The highest BCUT2D eigenvalue weighted by Gasteiger charge is 2.69. The summed E-state index contributed by atoms with van der Waals surface area (Å²) >= 11 is 4.16. The molecule has 0 N–H and O–H groups in total. The monoisotopic (exact) mass is 366 g/mol. The van der Waals surface area contributed by atoms with Gasteiger partial charge in [0.25, 0.3) is 0 Å². The molecule has 24 heavy (non-hydrogen) atoms. The summed E-state index contributed by atoms with van der Waals surface area (Å²) < 4.78 is 51.9. The molecule has 5 rings (SSSR count). The number of halogens is 3. The minimum Gasteiger partial charge on any atom is -0.456 e. The molecule has 6 atom stereocenters. The van der Waals surface area contributed by atoms with Gasteiger partial charge in [-0.05, 0) is 37.7 Å². The van der Waals surface area contributed by atoms with Crippen LogP contribution in [0, 0.1) is 17.8 Å². The van der Waals surface area contributed by atoms with E-state index in [1.165, 1.54) is 0 Å². The van der Waals surface area contributed by atoms with Crippen molar-refractivity contribution in [1.29, 1.82) is 0 Å². The molecule has 1 saturated carbocycles. The maximum atomic E-state index is 13.5. The largest absolute Gasteiger partial charge is 0.456 e. The quantitative estimate of drug-likeness (QED) is 0.563. The molecule has 1 unspecified atom stereocenters. The van der Waals surface area contributed by atoms with Gasteiger partial charge in [0.2, 0.25) is 17.8 Å². The lowest BCUT2D eigenvalue weighted by molar-refractivity contribution is -0.557. The van der Waals surface area contributed by atoms with E-state index in [1.54, 1.807) is 6.92 Å². The van der Waals surface area contributed by atoms with Gasteiger partial charge in [0, 0.05) is 24.0 Å². The number of alkyl halides is 3. The molecule has 0 aromatic carbocycles.